The van der Waals surface area contributed by atoms with Crippen molar-refractivity contribution in [1.29, 1.82) is 0 Å². The summed E-state index contributed by atoms with van der Waals surface area (Å²) in [5.74, 6) is 2.25. The van der Waals surface area contributed by atoms with Crippen LogP contribution in [0, 0.1) is 5.92 Å². The molecule has 0 bridgehead atoms. The van der Waals surface area contributed by atoms with Crippen molar-refractivity contribution in [3.63, 3.8) is 0 Å². The zero-order valence-corrected chi connectivity index (χ0v) is 22.9. The van der Waals surface area contributed by atoms with Crippen LogP contribution in [0.4, 0.5) is 0 Å². The zero-order chi connectivity index (χ0) is 25.8. The van der Waals surface area contributed by atoms with E-state index >= 15 is 0 Å². The number of carbonyl (C=O) groups is 1. The van der Waals surface area contributed by atoms with Gasteiger partial charge in [-0.05, 0) is 67.3 Å². The number of esters is 1. The number of hydrogen-bond acceptors (Lipinski definition) is 4. The number of benzene rings is 2. The summed E-state index contributed by atoms with van der Waals surface area (Å²) in [5.41, 5.74) is 0.506. The van der Waals surface area contributed by atoms with Gasteiger partial charge in [-0.15, -0.1) is 0 Å². The maximum atomic E-state index is 12.5. The lowest BCUT2D eigenvalue weighted by Gasteiger charge is -2.13. The molecule has 0 amide bonds. The van der Waals surface area contributed by atoms with E-state index in [4.69, 9.17) is 14.2 Å². The van der Waals surface area contributed by atoms with Gasteiger partial charge in [0, 0.05) is 0 Å². The van der Waals surface area contributed by atoms with Gasteiger partial charge >= 0.3 is 5.97 Å². The zero-order valence-electron chi connectivity index (χ0n) is 22.9. The number of rotatable bonds is 20. The van der Waals surface area contributed by atoms with E-state index in [-0.39, 0.29) is 5.97 Å². The second-order valence-electron chi connectivity index (χ2n) is 9.97. The molecule has 36 heavy (non-hydrogen) atoms. The third kappa shape index (κ3) is 13.0. The molecule has 2 aromatic rings. The molecule has 0 saturated carbocycles. The maximum Gasteiger partial charge on any atom is 0.343 e. The first-order chi connectivity index (χ1) is 17.6. The standard InChI is InChI=1S/C32H48O4/c1-4-6-8-10-11-12-13-15-25-34-29-19-17-28(18-20-29)32(33)36-31-23-21-30(22-24-31)35-26-27(3)16-14-9-7-5-2/h17-24,27H,4-16,25-26H2,1-3H3/t27-/m0/s1. The second-order valence-corrected chi connectivity index (χ2v) is 9.97. The fourth-order valence-corrected chi connectivity index (χ4v) is 4.12. The molecule has 1 atom stereocenters. The molecule has 0 fully saturated rings. The predicted molar refractivity (Wildman–Crippen MR) is 149 cm³/mol. The van der Waals surface area contributed by atoms with Crippen molar-refractivity contribution < 1.29 is 19.0 Å². The second kappa shape index (κ2) is 18.7. The van der Waals surface area contributed by atoms with E-state index in [9.17, 15) is 4.79 Å². The molecule has 2 aromatic carbocycles. The molecule has 2 rings (SSSR count). The molecule has 0 unspecified atom stereocenters. The van der Waals surface area contributed by atoms with E-state index in [1.54, 1.807) is 24.3 Å². The summed E-state index contributed by atoms with van der Waals surface area (Å²) >= 11 is 0. The Morgan fingerprint density at radius 2 is 1.14 bits per heavy atom. The van der Waals surface area contributed by atoms with Gasteiger partial charge in [0.15, 0.2) is 0 Å². The normalized spacial score (nSPS) is 11.8. The van der Waals surface area contributed by atoms with Crippen LogP contribution in [0.5, 0.6) is 17.2 Å². The Morgan fingerprint density at radius 3 is 1.78 bits per heavy atom. The van der Waals surface area contributed by atoms with E-state index in [1.165, 1.54) is 77.0 Å². The van der Waals surface area contributed by atoms with Crippen LogP contribution in [-0.4, -0.2) is 19.2 Å². The lowest BCUT2D eigenvalue weighted by atomic mass is 10.0. The van der Waals surface area contributed by atoms with Gasteiger partial charge in [-0.25, -0.2) is 4.79 Å². The maximum absolute atomic E-state index is 12.5. The van der Waals surface area contributed by atoms with Crippen LogP contribution in [0.3, 0.4) is 0 Å². The molecule has 0 aliphatic rings. The van der Waals surface area contributed by atoms with Gasteiger partial charge in [-0.3, -0.25) is 0 Å². The molecule has 0 aromatic heterocycles. The number of carbonyl (C=O) groups excluding carboxylic acids is 1. The Hall–Kier alpha value is -2.49. The number of unbranched alkanes of at least 4 members (excludes halogenated alkanes) is 10. The number of hydrogen-bond donors (Lipinski definition) is 0. The lowest BCUT2D eigenvalue weighted by Crippen LogP contribution is -2.09. The summed E-state index contributed by atoms with van der Waals surface area (Å²) in [7, 11) is 0. The van der Waals surface area contributed by atoms with Crippen molar-refractivity contribution in [3.05, 3.63) is 54.1 Å². The fourth-order valence-electron chi connectivity index (χ4n) is 4.12. The lowest BCUT2D eigenvalue weighted by molar-refractivity contribution is 0.0734. The van der Waals surface area contributed by atoms with E-state index < -0.39 is 0 Å². The Kier molecular flexibility index (Phi) is 15.5. The van der Waals surface area contributed by atoms with Gasteiger partial charge in [0.2, 0.25) is 0 Å². The first-order valence-corrected chi connectivity index (χ1v) is 14.3. The minimum atomic E-state index is -0.376. The van der Waals surface area contributed by atoms with Crippen LogP contribution >= 0.6 is 0 Å². The molecular formula is C32H48O4. The average molecular weight is 497 g/mol. The highest BCUT2D eigenvalue weighted by atomic mass is 16.5. The summed E-state index contributed by atoms with van der Waals surface area (Å²) in [6.07, 6.45) is 16.6. The molecule has 0 spiro atoms. The van der Waals surface area contributed by atoms with Crippen molar-refractivity contribution in [2.45, 2.75) is 104 Å². The van der Waals surface area contributed by atoms with E-state index in [1.807, 2.05) is 24.3 Å². The van der Waals surface area contributed by atoms with Crippen LogP contribution in [0.25, 0.3) is 0 Å². The summed E-state index contributed by atoms with van der Waals surface area (Å²) in [4.78, 5) is 12.5. The van der Waals surface area contributed by atoms with Gasteiger partial charge in [0.05, 0.1) is 18.8 Å². The SMILES string of the molecule is CCCCCCCCCCOc1ccc(C(=O)Oc2ccc(OC[C@@H](C)CCCCCC)cc2)cc1. The molecule has 0 aliphatic carbocycles. The summed E-state index contributed by atoms with van der Waals surface area (Å²) in [6.45, 7) is 8.13. The van der Waals surface area contributed by atoms with Crippen LogP contribution in [0.2, 0.25) is 0 Å². The topological polar surface area (TPSA) is 44.8 Å². The highest BCUT2D eigenvalue weighted by Crippen LogP contribution is 2.21. The van der Waals surface area contributed by atoms with E-state index in [0.29, 0.717) is 30.4 Å². The van der Waals surface area contributed by atoms with Crippen molar-refractivity contribution in [3.8, 4) is 17.2 Å². The molecule has 0 N–H and O–H groups in total. The van der Waals surface area contributed by atoms with Crippen LogP contribution in [-0.2, 0) is 0 Å². The van der Waals surface area contributed by atoms with Crippen LogP contribution < -0.4 is 14.2 Å². The van der Waals surface area contributed by atoms with Gasteiger partial charge in [-0.2, -0.15) is 0 Å². The smallest absolute Gasteiger partial charge is 0.343 e. The Balaban J connectivity index is 1.64. The minimum Gasteiger partial charge on any atom is -0.494 e. The number of ether oxygens (including phenoxy) is 3. The predicted octanol–water partition coefficient (Wildman–Crippen LogP) is 9.41. The van der Waals surface area contributed by atoms with Crippen LogP contribution in [0.1, 0.15) is 115 Å². The third-order valence-electron chi connectivity index (χ3n) is 6.48. The summed E-state index contributed by atoms with van der Waals surface area (Å²) < 4.78 is 17.2. The molecule has 4 heteroatoms. The van der Waals surface area contributed by atoms with Gasteiger partial charge < -0.3 is 14.2 Å². The van der Waals surface area contributed by atoms with Gasteiger partial charge in [0.1, 0.15) is 17.2 Å². The highest BCUT2D eigenvalue weighted by molar-refractivity contribution is 5.91. The fraction of sp³-hybridized carbons (Fsp3) is 0.594. The van der Waals surface area contributed by atoms with Crippen LogP contribution in [0.15, 0.2) is 48.5 Å². The molecule has 0 heterocycles. The Labute approximate surface area is 219 Å². The monoisotopic (exact) mass is 496 g/mol. The van der Waals surface area contributed by atoms with E-state index in [0.717, 1.165) is 17.9 Å². The van der Waals surface area contributed by atoms with Gasteiger partial charge in [-0.1, -0.05) is 91.4 Å². The quantitative estimate of drug-likeness (QED) is 0.104. The first-order valence-electron chi connectivity index (χ1n) is 14.3. The molecular weight excluding hydrogens is 448 g/mol. The minimum absolute atomic E-state index is 0.376. The van der Waals surface area contributed by atoms with Crippen molar-refractivity contribution in [1.82, 2.24) is 0 Å². The molecule has 4 nitrogen and oxygen atoms in total. The van der Waals surface area contributed by atoms with Crippen molar-refractivity contribution >= 4 is 5.97 Å². The first kappa shape index (κ1) is 29.7. The third-order valence-corrected chi connectivity index (χ3v) is 6.48. The Bertz CT molecular complexity index is 813. The van der Waals surface area contributed by atoms with Crippen molar-refractivity contribution in [2.24, 2.45) is 5.92 Å². The van der Waals surface area contributed by atoms with E-state index in [2.05, 4.69) is 20.8 Å². The largest absolute Gasteiger partial charge is 0.494 e. The highest BCUT2D eigenvalue weighted by Gasteiger charge is 2.10. The summed E-state index contributed by atoms with van der Waals surface area (Å²) in [6, 6.07) is 14.4. The molecule has 0 aliphatic heterocycles. The average Bonchev–Trinajstić information content (AvgIpc) is 2.90. The molecule has 0 saturated heterocycles. The molecule has 0 radical (unpaired) electrons. The molecule has 200 valence electrons. The summed E-state index contributed by atoms with van der Waals surface area (Å²) in [5, 5.41) is 0. The van der Waals surface area contributed by atoms with Crippen molar-refractivity contribution in [2.75, 3.05) is 13.2 Å². The Morgan fingerprint density at radius 1 is 0.639 bits per heavy atom. The van der Waals surface area contributed by atoms with Gasteiger partial charge in [0.25, 0.3) is 0 Å².